The third-order valence-electron chi connectivity index (χ3n) is 2.29. The number of nitrogens with two attached hydrogens (primary N) is 1. The fourth-order valence-electron chi connectivity index (χ4n) is 1.36. The van der Waals surface area contributed by atoms with Crippen LogP contribution in [0.5, 0.6) is 0 Å². The number of hydrogen-bond acceptors (Lipinski definition) is 6. The summed E-state index contributed by atoms with van der Waals surface area (Å²) in [4.78, 5) is 8.36. The highest BCUT2D eigenvalue weighted by atomic mass is 32.1. The molecule has 16 heavy (non-hydrogen) atoms. The molecule has 0 spiro atoms. The van der Waals surface area contributed by atoms with Crippen molar-refractivity contribution >= 4 is 11.3 Å². The van der Waals surface area contributed by atoms with Crippen molar-refractivity contribution < 1.29 is 4.52 Å². The smallest absolute Gasteiger partial charge is 0.243 e. The first-order valence-corrected chi connectivity index (χ1v) is 6.23. The Hall–Kier alpha value is -1.27. The number of thiazole rings is 1. The molecule has 0 bridgehead atoms. The van der Waals surface area contributed by atoms with Gasteiger partial charge >= 0.3 is 0 Å². The summed E-state index contributed by atoms with van der Waals surface area (Å²) in [7, 11) is 0. The van der Waals surface area contributed by atoms with Crippen LogP contribution < -0.4 is 5.73 Å². The minimum Gasteiger partial charge on any atom is -0.337 e. The van der Waals surface area contributed by atoms with E-state index in [-0.39, 0.29) is 6.04 Å². The van der Waals surface area contributed by atoms with E-state index in [2.05, 4.69) is 22.0 Å². The van der Waals surface area contributed by atoms with Gasteiger partial charge in [-0.3, -0.25) is 0 Å². The van der Waals surface area contributed by atoms with Gasteiger partial charge in [-0.15, -0.1) is 11.3 Å². The quantitative estimate of drug-likeness (QED) is 0.865. The van der Waals surface area contributed by atoms with Gasteiger partial charge in [-0.05, 0) is 6.42 Å². The van der Waals surface area contributed by atoms with E-state index in [1.807, 2.05) is 5.38 Å². The summed E-state index contributed by atoms with van der Waals surface area (Å²) < 4.78 is 5.13. The molecule has 0 radical (unpaired) electrons. The Morgan fingerprint density at radius 2 is 2.44 bits per heavy atom. The number of hydrogen-bond donors (Lipinski definition) is 1. The second-order valence-corrected chi connectivity index (χ2v) is 4.30. The van der Waals surface area contributed by atoms with Crippen molar-refractivity contribution in [1.29, 1.82) is 0 Å². The van der Waals surface area contributed by atoms with Gasteiger partial charge in [-0.1, -0.05) is 24.9 Å². The van der Waals surface area contributed by atoms with Gasteiger partial charge in [0.05, 0.1) is 11.6 Å². The zero-order valence-electron chi connectivity index (χ0n) is 9.09. The van der Waals surface area contributed by atoms with Crippen LogP contribution >= 0.6 is 11.3 Å². The summed E-state index contributed by atoms with van der Waals surface area (Å²) in [6.07, 6.45) is 3.05. The summed E-state index contributed by atoms with van der Waals surface area (Å²) in [5.74, 6) is 1.01. The molecule has 0 saturated heterocycles. The molecule has 5 nitrogen and oxygen atoms in total. The lowest BCUT2D eigenvalue weighted by molar-refractivity contribution is 0.346. The van der Waals surface area contributed by atoms with Crippen LogP contribution in [0, 0.1) is 0 Å². The lowest BCUT2D eigenvalue weighted by atomic mass is 10.1. The van der Waals surface area contributed by atoms with E-state index < -0.39 is 0 Å². The molecule has 2 aromatic heterocycles. The van der Waals surface area contributed by atoms with Crippen LogP contribution in [0.3, 0.4) is 0 Å². The van der Waals surface area contributed by atoms with Crippen LogP contribution in [-0.4, -0.2) is 15.1 Å². The molecule has 1 atom stereocenters. The molecule has 0 fully saturated rings. The van der Waals surface area contributed by atoms with Crippen LogP contribution in [0.1, 0.15) is 38.1 Å². The van der Waals surface area contributed by atoms with Crippen LogP contribution in [0.4, 0.5) is 0 Å². The molecule has 1 unspecified atom stereocenters. The van der Waals surface area contributed by atoms with Crippen LogP contribution in [0.2, 0.25) is 0 Å². The molecule has 0 aromatic carbocycles. The molecule has 0 aliphatic heterocycles. The fourth-order valence-corrected chi connectivity index (χ4v) is 1.89. The Bertz CT molecular complexity index is 426. The number of rotatable bonds is 5. The molecule has 2 aromatic rings. The summed E-state index contributed by atoms with van der Waals surface area (Å²) in [6, 6.07) is -0.167. The Morgan fingerprint density at radius 1 is 1.56 bits per heavy atom. The van der Waals surface area contributed by atoms with Gasteiger partial charge in [0.15, 0.2) is 0 Å². The Morgan fingerprint density at radius 3 is 3.12 bits per heavy atom. The lowest BCUT2D eigenvalue weighted by Crippen LogP contribution is -2.10. The van der Waals surface area contributed by atoms with Gasteiger partial charge in [0, 0.05) is 5.38 Å². The van der Waals surface area contributed by atoms with Gasteiger partial charge < -0.3 is 10.3 Å². The van der Waals surface area contributed by atoms with Crippen molar-refractivity contribution in [3.8, 4) is 11.5 Å². The van der Waals surface area contributed by atoms with Crippen molar-refractivity contribution in [2.75, 3.05) is 0 Å². The highest BCUT2D eigenvalue weighted by Gasteiger charge is 2.15. The topological polar surface area (TPSA) is 77.8 Å². The fraction of sp³-hybridized carbons (Fsp3) is 0.500. The average molecular weight is 238 g/mol. The van der Waals surface area contributed by atoms with E-state index in [9.17, 15) is 0 Å². The van der Waals surface area contributed by atoms with Gasteiger partial charge in [-0.25, -0.2) is 4.98 Å². The first kappa shape index (κ1) is 11.2. The number of aromatic nitrogens is 3. The third kappa shape index (κ3) is 2.45. The third-order valence-corrected chi connectivity index (χ3v) is 2.88. The second-order valence-electron chi connectivity index (χ2n) is 3.58. The van der Waals surface area contributed by atoms with Crippen LogP contribution in [-0.2, 0) is 0 Å². The normalized spacial score (nSPS) is 12.9. The summed E-state index contributed by atoms with van der Waals surface area (Å²) in [5, 5.41) is 5.75. The monoisotopic (exact) mass is 238 g/mol. The largest absolute Gasteiger partial charge is 0.337 e. The van der Waals surface area contributed by atoms with E-state index in [0.29, 0.717) is 11.7 Å². The van der Waals surface area contributed by atoms with Crippen molar-refractivity contribution in [2.24, 2.45) is 5.73 Å². The van der Waals surface area contributed by atoms with Crippen LogP contribution in [0.25, 0.3) is 11.5 Å². The average Bonchev–Trinajstić information content (AvgIpc) is 2.94. The van der Waals surface area contributed by atoms with E-state index in [0.717, 1.165) is 25.0 Å². The molecule has 0 aliphatic rings. The summed E-state index contributed by atoms with van der Waals surface area (Å²) in [6.45, 7) is 2.13. The highest BCUT2D eigenvalue weighted by molar-refractivity contribution is 7.07. The summed E-state index contributed by atoms with van der Waals surface area (Å²) >= 11 is 1.50. The second kappa shape index (κ2) is 5.18. The lowest BCUT2D eigenvalue weighted by Gasteiger charge is -2.03. The van der Waals surface area contributed by atoms with Crippen molar-refractivity contribution in [3.63, 3.8) is 0 Å². The van der Waals surface area contributed by atoms with E-state index in [1.54, 1.807) is 5.51 Å². The van der Waals surface area contributed by atoms with Gasteiger partial charge in [0.1, 0.15) is 5.69 Å². The molecule has 2 rings (SSSR count). The molecule has 0 aliphatic carbocycles. The SMILES string of the molecule is CCCCC(N)c1nc(-c2cscn2)no1. The van der Waals surface area contributed by atoms with Crippen molar-refractivity contribution in [3.05, 3.63) is 16.8 Å². The van der Waals surface area contributed by atoms with Crippen LogP contribution in [0.15, 0.2) is 15.4 Å². The van der Waals surface area contributed by atoms with E-state index >= 15 is 0 Å². The van der Waals surface area contributed by atoms with Gasteiger partial charge in [-0.2, -0.15) is 4.98 Å². The minimum atomic E-state index is -0.167. The highest BCUT2D eigenvalue weighted by Crippen LogP contribution is 2.19. The maximum Gasteiger partial charge on any atom is 0.243 e. The molecule has 0 saturated carbocycles. The molecule has 2 N–H and O–H groups in total. The standard InChI is InChI=1S/C10H14N4OS/c1-2-3-4-7(11)10-13-9(14-15-10)8-5-16-6-12-8/h5-7H,2-4,11H2,1H3. The molecule has 6 heteroatoms. The first-order chi connectivity index (χ1) is 7.81. The van der Waals surface area contributed by atoms with E-state index in [1.165, 1.54) is 11.3 Å². The molecular weight excluding hydrogens is 224 g/mol. The maximum atomic E-state index is 5.93. The van der Waals surface area contributed by atoms with E-state index in [4.69, 9.17) is 10.3 Å². The van der Waals surface area contributed by atoms with Gasteiger partial charge in [0.25, 0.3) is 0 Å². The molecule has 0 amide bonds. The number of nitrogens with zero attached hydrogens (tertiary/aromatic N) is 3. The molecule has 86 valence electrons. The van der Waals surface area contributed by atoms with Gasteiger partial charge in [0.2, 0.25) is 11.7 Å². The first-order valence-electron chi connectivity index (χ1n) is 5.29. The predicted molar refractivity (Wildman–Crippen MR) is 61.9 cm³/mol. The Kier molecular flexibility index (Phi) is 3.63. The van der Waals surface area contributed by atoms with Crippen molar-refractivity contribution in [1.82, 2.24) is 15.1 Å². The number of unbranched alkanes of at least 4 members (excludes halogenated alkanes) is 1. The Balaban J connectivity index is 2.07. The zero-order valence-corrected chi connectivity index (χ0v) is 9.91. The zero-order chi connectivity index (χ0) is 11.4. The predicted octanol–water partition coefficient (Wildman–Crippen LogP) is 2.38. The molecule has 2 heterocycles. The Labute approximate surface area is 97.7 Å². The maximum absolute atomic E-state index is 5.93. The summed E-state index contributed by atoms with van der Waals surface area (Å²) in [5.41, 5.74) is 8.41. The molecular formula is C10H14N4OS. The van der Waals surface area contributed by atoms with Crippen molar-refractivity contribution in [2.45, 2.75) is 32.2 Å². The minimum absolute atomic E-state index is 0.167.